The predicted molar refractivity (Wildman–Crippen MR) is 96.3 cm³/mol. The normalized spacial score (nSPS) is 12.4. The molecule has 2 aromatic carbocycles. The Labute approximate surface area is 159 Å². The van der Waals surface area contributed by atoms with Crippen molar-refractivity contribution in [1.82, 2.24) is 0 Å². The molecule has 0 saturated carbocycles. The Morgan fingerprint density at radius 1 is 1.11 bits per heavy atom. The molecule has 0 aliphatic heterocycles. The van der Waals surface area contributed by atoms with Gasteiger partial charge >= 0.3 is 159 Å². The van der Waals surface area contributed by atoms with Crippen molar-refractivity contribution in [3.8, 4) is 6.07 Å². The minimum atomic E-state index is -4.48. The molecule has 1 amide bonds. The van der Waals surface area contributed by atoms with Gasteiger partial charge in [-0.15, -0.1) is 0 Å². The third kappa shape index (κ3) is 6.03. The summed E-state index contributed by atoms with van der Waals surface area (Å²) in [5.74, 6) is -1.42. The molecule has 0 spiro atoms. The van der Waals surface area contributed by atoms with Crippen LogP contribution in [0.4, 0.5) is 18.9 Å². The number of amides is 1. The molecule has 4 nitrogen and oxygen atoms in total. The third-order valence-electron chi connectivity index (χ3n) is 3.24. The third-order valence-corrected chi connectivity index (χ3v) is 4.95. The zero-order chi connectivity index (χ0) is 19.9. The summed E-state index contributed by atoms with van der Waals surface area (Å²) in [4.78, 5) is 13.8. The number of benzene rings is 2. The maximum absolute atomic E-state index is 12.5. The van der Waals surface area contributed by atoms with Crippen LogP contribution < -0.4 is 9.78 Å². The van der Waals surface area contributed by atoms with Crippen molar-refractivity contribution in [2.75, 3.05) is 5.32 Å². The molecule has 27 heavy (non-hydrogen) atoms. The van der Waals surface area contributed by atoms with Gasteiger partial charge < -0.3 is 0 Å². The minimum absolute atomic E-state index is 0.0750. The molecule has 0 unspecified atom stereocenters. The first kappa shape index (κ1) is 20.3. The van der Waals surface area contributed by atoms with Crippen molar-refractivity contribution in [3.63, 3.8) is 0 Å². The number of hydrogen-bond acceptors (Lipinski definition) is 3. The summed E-state index contributed by atoms with van der Waals surface area (Å²) >= 11 is -0.0975. The van der Waals surface area contributed by atoms with Gasteiger partial charge in [0, 0.05) is 0 Å². The second-order valence-corrected chi connectivity index (χ2v) is 7.19. The van der Waals surface area contributed by atoms with E-state index in [-0.39, 0.29) is 20.6 Å². The van der Waals surface area contributed by atoms with E-state index in [9.17, 15) is 23.1 Å². The Hall–Kier alpha value is -3.01. The molecule has 0 fully saturated rings. The fourth-order valence-electron chi connectivity index (χ4n) is 1.92. The number of carbonyl (C=O) groups excluding carboxylic acids is 1. The Morgan fingerprint density at radius 3 is 2.30 bits per heavy atom. The fourth-order valence-corrected chi connectivity index (χ4v) is 3.32. The summed E-state index contributed by atoms with van der Waals surface area (Å²) in [5.41, 5.74) is -1.31. The molecule has 0 aromatic heterocycles. The molecule has 8 heteroatoms. The van der Waals surface area contributed by atoms with Gasteiger partial charge in [-0.25, -0.2) is 0 Å². The van der Waals surface area contributed by atoms with E-state index >= 15 is 0 Å². The number of aliphatic hydroxyl groups is 1. The Balaban J connectivity index is 2.07. The topological polar surface area (TPSA) is 73.1 Å². The monoisotopic (exact) mass is 438 g/mol. The van der Waals surface area contributed by atoms with Crippen LogP contribution in [0.2, 0.25) is 0 Å². The molecular weight excluding hydrogens is 424 g/mol. The van der Waals surface area contributed by atoms with Crippen molar-refractivity contribution < 1.29 is 23.1 Å². The number of anilines is 1. The quantitative estimate of drug-likeness (QED) is 0.247. The van der Waals surface area contributed by atoms with E-state index in [1.54, 1.807) is 11.0 Å². The van der Waals surface area contributed by atoms with Crippen molar-refractivity contribution in [2.24, 2.45) is 0 Å². The van der Waals surface area contributed by atoms with Crippen molar-refractivity contribution in [2.45, 2.75) is 6.18 Å². The van der Waals surface area contributed by atoms with E-state index < -0.39 is 29.0 Å². The predicted octanol–water partition coefficient (Wildman–Crippen LogP) is 3.52. The van der Waals surface area contributed by atoms with Crippen LogP contribution in [0.3, 0.4) is 0 Å². The number of nitrogens with one attached hydrogen (secondary N) is 1. The van der Waals surface area contributed by atoms with Crippen LogP contribution in [0, 0.1) is 11.3 Å². The van der Waals surface area contributed by atoms with Crippen LogP contribution in [0.5, 0.6) is 0 Å². The summed E-state index contributed by atoms with van der Waals surface area (Å²) in [6.07, 6.45) is -3.22. The number of alkyl halides is 3. The van der Waals surface area contributed by atoms with Gasteiger partial charge in [-0.2, -0.15) is 0 Å². The van der Waals surface area contributed by atoms with E-state index in [1.807, 2.05) is 30.3 Å². The molecule has 2 rings (SSSR count). The zero-order valence-electron chi connectivity index (χ0n) is 13.7. The van der Waals surface area contributed by atoms with Crippen LogP contribution in [-0.2, 0) is 11.0 Å². The van der Waals surface area contributed by atoms with Gasteiger partial charge in [-0.3, -0.25) is 0 Å². The van der Waals surface area contributed by atoms with Gasteiger partial charge in [0.2, 0.25) is 0 Å². The van der Waals surface area contributed by atoms with Gasteiger partial charge in [0.05, 0.1) is 0 Å². The van der Waals surface area contributed by atoms with Crippen LogP contribution >= 0.6 is 0 Å². The Morgan fingerprint density at radius 2 is 1.74 bits per heavy atom. The molecule has 2 aromatic rings. The summed E-state index contributed by atoms with van der Waals surface area (Å²) in [6.45, 7) is 0. The summed E-state index contributed by atoms with van der Waals surface area (Å²) in [6, 6.07) is 14.8. The molecule has 2 N–H and O–H groups in total. The van der Waals surface area contributed by atoms with Crippen molar-refractivity contribution >= 4 is 31.0 Å². The second-order valence-electron chi connectivity index (χ2n) is 5.13. The number of halogens is 3. The number of carbonyl (C=O) groups is 1. The molecule has 138 valence electrons. The molecule has 0 saturated heterocycles. The molecule has 0 bridgehead atoms. The van der Waals surface area contributed by atoms with E-state index in [0.29, 0.717) is 0 Å². The summed E-state index contributed by atoms with van der Waals surface area (Å²) < 4.78 is 38.6. The molecule has 0 radical (unpaired) electrons. The summed E-state index contributed by atoms with van der Waals surface area (Å²) in [7, 11) is 0. The van der Waals surface area contributed by atoms with Crippen molar-refractivity contribution in [1.29, 1.82) is 5.26 Å². The summed E-state index contributed by atoms with van der Waals surface area (Å²) in [5, 5.41) is 21.3. The Bertz CT molecular complexity index is 899. The number of allylic oxidation sites excluding steroid dienone is 1. The van der Waals surface area contributed by atoms with Crippen LogP contribution in [0.15, 0.2) is 77.0 Å². The molecule has 0 atom stereocenters. The second kappa shape index (κ2) is 9.08. The first-order valence-electron chi connectivity index (χ1n) is 7.51. The maximum atomic E-state index is 12.5. The number of hydrogen-bond donors (Lipinski definition) is 2. The number of nitriles is 1. The van der Waals surface area contributed by atoms with Crippen LogP contribution in [0.1, 0.15) is 5.56 Å². The van der Waals surface area contributed by atoms with Crippen LogP contribution in [-0.4, -0.2) is 26.0 Å². The SMILES string of the molecule is N#C/C(C(=O)Nc1ccc(C(F)(F)F)cc1)=C(O)\C=C\[Se]c1ccccc1. The van der Waals surface area contributed by atoms with Gasteiger partial charge in [-0.05, 0) is 0 Å². The molecule has 0 heterocycles. The molecular formula is C19H13F3N2O2Se. The molecule has 0 aliphatic rings. The van der Waals surface area contributed by atoms with E-state index in [0.717, 1.165) is 28.7 Å². The van der Waals surface area contributed by atoms with Gasteiger partial charge in [0.1, 0.15) is 0 Å². The number of nitrogens with zero attached hydrogens (tertiary/aromatic N) is 1. The van der Waals surface area contributed by atoms with E-state index in [4.69, 9.17) is 5.26 Å². The standard InChI is InChI=1S/C19H13F3N2O2Se/c20-19(21,22)13-6-8-14(9-7-13)24-18(26)16(12-23)17(25)10-11-27-15-4-2-1-3-5-15/h1-11,25H,(H,24,26)/b11-10+,17-16-. The average molecular weight is 437 g/mol. The van der Waals surface area contributed by atoms with Crippen molar-refractivity contribution in [3.05, 3.63) is 82.5 Å². The van der Waals surface area contributed by atoms with Crippen LogP contribution in [0.25, 0.3) is 0 Å². The number of aliphatic hydroxyl groups excluding tert-OH is 1. The molecule has 0 aliphatic carbocycles. The fraction of sp³-hybridized carbons (Fsp3) is 0.0526. The first-order valence-corrected chi connectivity index (χ1v) is 9.36. The first-order chi connectivity index (χ1) is 12.8. The van der Waals surface area contributed by atoms with Gasteiger partial charge in [-0.1, -0.05) is 0 Å². The number of rotatable bonds is 5. The van der Waals surface area contributed by atoms with E-state index in [1.165, 1.54) is 6.08 Å². The van der Waals surface area contributed by atoms with Gasteiger partial charge in [0.15, 0.2) is 0 Å². The van der Waals surface area contributed by atoms with Gasteiger partial charge in [0.25, 0.3) is 0 Å². The van der Waals surface area contributed by atoms with E-state index in [2.05, 4.69) is 5.32 Å². The average Bonchev–Trinajstić information content (AvgIpc) is 2.63. The zero-order valence-corrected chi connectivity index (χ0v) is 15.4. The Kier molecular flexibility index (Phi) is 6.83.